The molecule has 0 amide bonds. The second-order valence-electron chi connectivity index (χ2n) is 7.00. The van der Waals surface area contributed by atoms with Crippen molar-refractivity contribution in [2.45, 2.75) is 31.2 Å². The van der Waals surface area contributed by atoms with Crippen molar-refractivity contribution >= 4 is 27.2 Å². The Morgan fingerprint density at radius 1 is 1.00 bits per heavy atom. The largest absolute Gasteiger partial charge is 0.504 e. The summed E-state index contributed by atoms with van der Waals surface area (Å²) in [5.41, 5.74) is 2.80. The number of halogens is 5. The maximum Gasteiger partial charge on any atom is 0.499 e. The third-order valence-electron chi connectivity index (χ3n) is 4.95. The van der Waals surface area contributed by atoms with Crippen LogP contribution in [0.2, 0.25) is 0 Å². The lowest BCUT2D eigenvalue weighted by Crippen LogP contribution is -2.42. The molecule has 1 aliphatic rings. The number of para-hydroxylation sites is 2. The van der Waals surface area contributed by atoms with Crippen LogP contribution in [0.25, 0.3) is 10.2 Å². The average Bonchev–Trinajstić information content (AvgIpc) is 3.19. The van der Waals surface area contributed by atoms with Gasteiger partial charge >= 0.3 is 12.3 Å². The van der Waals surface area contributed by atoms with E-state index < -0.39 is 24.1 Å². The summed E-state index contributed by atoms with van der Waals surface area (Å²) in [5.74, 6) is -0.776. The fourth-order valence-corrected chi connectivity index (χ4v) is 4.06. The second-order valence-corrected chi connectivity index (χ2v) is 7.89. The summed E-state index contributed by atoms with van der Waals surface area (Å²) >= 11 is 1.42. The normalized spacial score (nSPS) is 16.0. The number of piperidine rings is 1. The molecule has 1 aromatic heterocycles. The van der Waals surface area contributed by atoms with Gasteiger partial charge in [0.25, 0.3) is 0 Å². The number of ether oxygens (including phenoxy) is 2. The SMILES string of the molecule is Oc1c(N2CCC(Oc3ccccc3OC(F)(F)C(F)(F)F)CC2)ccc2scnc12. The summed E-state index contributed by atoms with van der Waals surface area (Å²) in [6, 6.07) is 8.72. The van der Waals surface area contributed by atoms with Crippen molar-refractivity contribution in [3.8, 4) is 17.2 Å². The molecule has 11 heteroatoms. The minimum atomic E-state index is -5.84. The van der Waals surface area contributed by atoms with Gasteiger partial charge in [-0.2, -0.15) is 22.0 Å². The van der Waals surface area contributed by atoms with Crippen LogP contribution in [-0.4, -0.2) is 41.6 Å². The first-order valence-electron chi connectivity index (χ1n) is 9.35. The highest BCUT2D eigenvalue weighted by Crippen LogP contribution is 2.41. The topological polar surface area (TPSA) is 54.8 Å². The predicted molar refractivity (Wildman–Crippen MR) is 105 cm³/mol. The summed E-state index contributed by atoms with van der Waals surface area (Å²) in [7, 11) is 0. The molecule has 1 aliphatic heterocycles. The van der Waals surface area contributed by atoms with Crippen molar-refractivity contribution in [1.29, 1.82) is 0 Å². The van der Waals surface area contributed by atoms with Gasteiger partial charge in [0.05, 0.1) is 15.9 Å². The van der Waals surface area contributed by atoms with Gasteiger partial charge < -0.3 is 19.5 Å². The van der Waals surface area contributed by atoms with Crippen molar-refractivity contribution in [2.24, 2.45) is 0 Å². The molecule has 0 spiro atoms. The number of phenolic OH excluding ortho intramolecular Hbond substituents is 1. The lowest BCUT2D eigenvalue weighted by molar-refractivity contribution is -0.360. The Labute approximate surface area is 177 Å². The fraction of sp³-hybridized carbons (Fsp3) is 0.350. The Bertz CT molecular complexity index is 1060. The molecule has 1 N–H and O–H groups in total. The van der Waals surface area contributed by atoms with E-state index >= 15 is 0 Å². The Morgan fingerprint density at radius 3 is 2.35 bits per heavy atom. The van der Waals surface area contributed by atoms with Crippen molar-refractivity contribution in [3.63, 3.8) is 0 Å². The standard InChI is InChI=1S/C20H17F5N2O3S/c21-19(22,23)20(24,25)30-15-4-2-1-3-14(15)29-12-7-9-27(10-8-12)13-5-6-16-17(18(13)28)26-11-31-16/h1-6,11-12,28H,7-10H2. The fourth-order valence-electron chi connectivity index (χ4n) is 3.38. The first kappa shape index (κ1) is 21.4. The van der Waals surface area contributed by atoms with Crippen LogP contribution in [0.15, 0.2) is 41.9 Å². The lowest BCUT2D eigenvalue weighted by Gasteiger charge is -2.34. The van der Waals surface area contributed by atoms with Crippen molar-refractivity contribution < 1.29 is 36.5 Å². The van der Waals surface area contributed by atoms with Crippen LogP contribution in [-0.2, 0) is 0 Å². The van der Waals surface area contributed by atoms with Gasteiger partial charge in [0, 0.05) is 25.9 Å². The maximum atomic E-state index is 13.3. The summed E-state index contributed by atoms with van der Waals surface area (Å²) in [5, 5.41) is 10.5. The smallest absolute Gasteiger partial charge is 0.499 e. The van der Waals surface area contributed by atoms with E-state index in [1.165, 1.54) is 29.5 Å². The molecule has 0 radical (unpaired) electrons. The number of alkyl halides is 5. The van der Waals surface area contributed by atoms with Crippen LogP contribution in [0.5, 0.6) is 17.2 Å². The number of hydrogen-bond acceptors (Lipinski definition) is 6. The average molecular weight is 460 g/mol. The van der Waals surface area contributed by atoms with E-state index in [1.54, 1.807) is 11.6 Å². The Balaban J connectivity index is 1.43. The highest BCUT2D eigenvalue weighted by Gasteiger charge is 2.61. The third kappa shape index (κ3) is 4.32. The first-order chi connectivity index (χ1) is 14.7. The number of nitrogens with zero attached hydrogens (tertiary/aromatic N) is 2. The van der Waals surface area contributed by atoms with Crippen LogP contribution in [0.3, 0.4) is 0 Å². The maximum absolute atomic E-state index is 13.3. The molecule has 0 saturated carbocycles. The highest BCUT2D eigenvalue weighted by atomic mass is 32.1. The summed E-state index contributed by atoms with van der Waals surface area (Å²) < 4.78 is 74.5. The third-order valence-corrected chi connectivity index (χ3v) is 5.74. The predicted octanol–water partition coefficient (Wildman–Crippen LogP) is 5.58. The molecule has 31 heavy (non-hydrogen) atoms. The molecule has 0 unspecified atom stereocenters. The number of phenols is 1. The van der Waals surface area contributed by atoms with Gasteiger partial charge in [-0.3, -0.25) is 0 Å². The number of benzene rings is 2. The van der Waals surface area contributed by atoms with Crippen LogP contribution < -0.4 is 14.4 Å². The molecule has 0 bridgehead atoms. The minimum absolute atomic E-state index is 0.0891. The van der Waals surface area contributed by atoms with Gasteiger partial charge in [-0.25, -0.2) is 4.98 Å². The Kier molecular flexibility index (Phi) is 5.54. The highest BCUT2D eigenvalue weighted by molar-refractivity contribution is 7.16. The summed E-state index contributed by atoms with van der Waals surface area (Å²) in [4.78, 5) is 6.12. The molecule has 2 heterocycles. The molecule has 5 nitrogen and oxygen atoms in total. The molecular formula is C20H17F5N2O3S. The van der Waals surface area contributed by atoms with E-state index in [-0.39, 0.29) is 11.5 Å². The molecule has 4 rings (SSSR count). The van der Waals surface area contributed by atoms with Crippen LogP contribution in [0, 0.1) is 0 Å². The zero-order valence-electron chi connectivity index (χ0n) is 15.9. The molecule has 0 atom stereocenters. The lowest BCUT2D eigenvalue weighted by atomic mass is 10.1. The first-order valence-corrected chi connectivity index (χ1v) is 10.2. The molecular weight excluding hydrogens is 443 g/mol. The van der Waals surface area contributed by atoms with Crippen molar-refractivity contribution in [2.75, 3.05) is 18.0 Å². The second kappa shape index (κ2) is 8.03. The molecule has 1 saturated heterocycles. The Morgan fingerprint density at radius 2 is 1.68 bits per heavy atom. The van der Waals surface area contributed by atoms with Crippen LogP contribution >= 0.6 is 11.3 Å². The molecule has 0 aliphatic carbocycles. The van der Waals surface area contributed by atoms with Gasteiger partial charge in [0.2, 0.25) is 0 Å². The van der Waals surface area contributed by atoms with Gasteiger partial charge in [-0.05, 0) is 24.3 Å². The van der Waals surface area contributed by atoms with E-state index in [9.17, 15) is 27.1 Å². The number of anilines is 1. The van der Waals surface area contributed by atoms with Crippen molar-refractivity contribution in [1.82, 2.24) is 4.98 Å². The zero-order chi connectivity index (χ0) is 22.2. The van der Waals surface area contributed by atoms with Crippen molar-refractivity contribution in [3.05, 3.63) is 41.9 Å². The summed E-state index contributed by atoms with van der Waals surface area (Å²) in [6.45, 7) is 0.991. The van der Waals surface area contributed by atoms with Crippen LogP contribution in [0.1, 0.15) is 12.8 Å². The van der Waals surface area contributed by atoms with E-state index in [0.29, 0.717) is 37.1 Å². The number of rotatable bonds is 5. The monoisotopic (exact) mass is 460 g/mol. The number of thiazole rings is 1. The number of aromatic hydroxyl groups is 1. The number of aromatic nitrogens is 1. The van der Waals surface area contributed by atoms with Crippen LogP contribution in [0.4, 0.5) is 27.6 Å². The molecule has 3 aromatic rings. The minimum Gasteiger partial charge on any atom is -0.504 e. The van der Waals surface area contributed by atoms with E-state index in [1.807, 2.05) is 11.0 Å². The number of fused-ring (bicyclic) bond motifs is 1. The van der Waals surface area contributed by atoms with E-state index in [4.69, 9.17) is 4.74 Å². The van der Waals surface area contributed by atoms with Gasteiger partial charge in [0.15, 0.2) is 17.2 Å². The molecule has 2 aromatic carbocycles. The van der Waals surface area contributed by atoms with E-state index in [2.05, 4.69) is 9.72 Å². The molecule has 1 fully saturated rings. The quantitative estimate of drug-likeness (QED) is 0.504. The zero-order valence-corrected chi connectivity index (χ0v) is 16.7. The van der Waals surface area contributed by atoms with E-state index in [0.717, 1.165) is 10.8 Å². The van der Waals surface area contributed by atoms with Gasteiger partial charge in [0.1, 0.15) is 11.6 Å². The van der Waals surface area contributed by atoms with Gasteiger partial charge in [-0.15, -0.1) is 11.3 Å². The molecule has 166 valence electrons. The van der Waals surface area contributed by atoms with Gasteiger partial charge in [-0.1, -0.05) is 12.1 Å². The number of hydrogen-bond donors (Lipinski definition) is 1. The summed E-state index contributed by atoms with van der Waals surface area (Å²) in [6.07, 6.45) is -10.6. The Hall–Kier alpha value is -2.82.